The molecule has 8 nitrogen and oxygen atoms in total. The van der Waals surface area contributed by atoms with Crippen molar-refractivity contribution in [1.29, 1.82) is 0 Å². The number of hydrogen-bond donors (Lipinski definition) is 1. The topological polar surface area (TPSA) is 107 Å². The Bertz CT molecular complexity index is 791. The van der Waals surface area contributed by atoms with Gasteiger partial charge in [-0.05, 0) is 39.7 Å². The standard InChI is InChI=1S/C17H25N3O5S/c1-16(2,3)25-15(21)20-17(9-11-5-6-12(10-17)24-11)14-18-8-7-13(19-14)26(4,22)23/h7-8,11-12H,5-6,9-10H2,1-4H3,(H,20,21). The van der Waals surface area contributed by atoms with Crippen LogP contribution in [-0.4, -0.2) is 48.5 Å². The zero-order chi connectivity index (χ0) is 19.2. The second-order valence-corrected chi connectivity index (χ2v) is 10.0. The molecule has 144 valence electrons. The molecule has 0 saturated carbocycles. The Labute approximate surface area is 153 Å². The molecule has 2 unspecified atom stereocenters. The maximum Gasteiger partial charge on any atom is 0.408 e. The van der Waals surface area contributed by atoms with Crippen LogP contribution in [0.5, 0.6) is 0 Å². The van der Waals surface area contributed by atoms with E-state index in [1.165, 1.54) is 12.3 Å². The average Bonchev–Trinajstić information content (AvgIpc) is 2.84. The van der Waals surface area contributed by atoms with Crippen LogP contribution in [0, 0.1) is 0 Å². The Morgan fingerprint density at radius 1 is 1.31 bits per heavy atom. The maximum atomic E-state index is 12.5. The highest BCUT2D eigenvalue weighted by Crippen LogP contribution is 2.43. The SMILES string of the molecule is CC(C)(C)OC(=O)NC1(c2nccc(S(C)(=O)=O)n2)CC2CCC(C1)O2. The highest BCUT2D eigenvalue weighted by molar-refractivity contribution is 7.90. The van der Waals surface area contributed by atoms with Crippen LogP contribution < -0.4 is 5.32 Å². The van der Waals surface area contributed by atoms with Gasteiger partial charge < -0.3 is 14.8 Å². The average molecular weight is 383 g/mol. The second-order valence-electron chi connectivity index (χ2n) is 8.07. The number of nitrogens with zero attached hydrogens (tertiary/aromatic N) is 2. The van der Waals surface area contributed by atoms with Gasteiger partial charge in [-0.25, -0.2) is 23.2 Å². The maximum absolute atomic E-state index is 12.5. The zero-order valence-corrected chi connectivity index (χ0v) is 16.3. The molecule has 2 atom stereocenters. The highest BCUT2D eigenvalue weighted by Gasteiger charge is 2.49. The number of amides is 1. The molecule has 1 aromatic rings. The number of hydrogen-bond acceptors (Lipinski definition) is 7. The Hall–Kier alpha value is -1.74. The molecule has 2 fully saturated rings. The lowest BCUT2D eigenvalue weighted by Crippen LogP contribution is -2.54. The Morgan fingerprint density at radius 2 is 1.92 bits per heavy atom. The second kappa shape index (κ2) is 6.45. The van der Waals surface area contributed by atoms with Crippen molar-refractivity contribution in [2.75, 3.05) is 6.26 Å². The quantitative estimate of drug-likeness (QED) is 0.795. The van der Waals surface area contributed by atoms with E-state index in [0.29, 0.717) is 12.8 Å². The molecule has 2 aliphatic rings. The van der Waals surface area contributed by atoms with Crippen LogP contribution in [0.1, 0.15) is 52.3 Å². The van der Waals surface area contributed by atoms with E-state index in [2.05, 4.69) is 15.3 Å². The van der Waals surface area contributed by atoms with Crippen molar-refractivity contribution in [2.45, 2.75) is 74.8 Å². The first-order chi connectivity index (χ1) is 12.0. The molecule has 3 heterocycles. The molecule has 0 aromatic carbocycles. The molecule has 1 aromatic heterocycles. The number of rotatable bonds is 3. The number of carbonyl (C=O) groups excluding carboxylic acids is 1. The molecule has 26 heavy (non-hydrogen) atoms. The van der Waals surface area contributed by atoms with Gasteiger partial charge in [-0.3, -0.25) is 0 Å². The fraction of sp³-hybridized carbons (Fsp3) is 0.706. The zero-order valence-electron chi connectivity index (χ0n) is 15.5. The molecule has 0 radical (unpaired) electrons. The van der Waals surface area contributed by atoms with Crippen LogP contribution in [-0.2, 0) is 24.8 Å². The molecule has 9 heteroatoms. The minimum Gasteiger partial charge on any atom is -0.444 e. The van der Waals surface area contributed by atoms with Gasteiger partial charge in [-0.1, -0.05) is 0 Å². The first kappa shape index (κ1) is 19.0. The first-order valence-corrected chi connectivity index (χ1v) is 10.6. The van der Waals surface area contributed by atoms with Crippen LogP contribution in [0.15, 0.2) is 17.3 Å². The van der Waals surface area contributed by atoms with E-state index < -0.39 is 27.1 Å². The minimum absolute atomic E-state index is 0.0193. The Balaban J connectivity index is 1.98. The molecule has 3 rings (SSSR count). The summed E-state index contributed by atoms with van der Waals surface area (Å²) in [5.41, 5.74) is -1.56. The smallest absolute Gasteiger partial charge is 0.408 e. The molecule has 2 saturated heterocycles. The van der Waals surface area contributed by atoms with Crippen molar-refractivity contribution >= 4 is 15.9 Å². The van der Waals surface area contributed by atoms with Crippen molar-refractivity contribution in [3.8, 4) is 0 Å². The number of nitrogens with one attached hydrogen (secondary N) is 1. The van der Waals surface area contributed by atoms with E-state index in [9.17, 15) is 13.2 Å². The molecular weight excluding hydrogens is 358 g/mol. The number of fused-ring (bicyclic) bond motifs is 2. The van der Waals surface area contributed by atoms with Crippen LogP contribution in [0.25, 0.3) is 0 Å². The first-order valence-electron chi connectivity index (χ1n) is 8.67. The van der Waals surface area contributed by atoms with Gasteiger partial charge in [0, 0.05) is 25.3 Å². The van der Waals surface area contributed by atoms with Crippen molar-refractivity contribution in [3.63, 3.8) is 0 Å². The molecule has 2 aliphatic heterocycles. The summed E-state index contributed by atoms with van der Waals surface area (Å²) >= 11 is 0. The van der Waals surface area contributed by atoms with E-state index in [4.69, 9.17) is 9.47 Å². The van der Waals surface area contributed by atoms with E-state index in [0.717, 1.165) is 19.1 Å². The molecule has 0 spiro atoms. The summed E-state index contributed by atoms with van der Waals surface area (Å²) < 4.78 is 35.1. The van der Waals surface area contributed by atoms with Crippen molar-refractivity contribution < 1.29 is 22.7 Å². The van der Waals surface area contributed by atoms with Gasteiger partial charge in [0.05, 0.1) is 12.2 Å². The number of carbonyl (C=O) groups is 1. The summed E-state index contributed by atoms with van der Waals surface area (Å²) in [5, 5.41) is 2.86. The van der Waals surface area contributed by atoms with Gasteiger partial charge in [-0.2, -0.15) is 0 Å². The summed E-state index contributed by atoms with van der Waals surface area (Å²) in [6.45, 7) is 5.36. The molecule has 1 N–H and O–H groups in total. The monoisotopic (exact) mass is 383 g/mol. The fourth-order valence-electron chi connectivity index (χ4n) is 3.56. The van der Waals surface area contributed by atoms with Crippen LogP contribution in [0.2, 0.25) is 0 Å². The lowest BCUT2D eigenvalue weighted by atomic mass is 9.85. The van der Waals surface area contributed by atoms with E-state index in [1.54, 1.807) is 20.8 Å². The van der Waals surface area contributed by atoms with Gasteiger partial charge in [-0.15, -0.1) is 0 Å². The van der Waals surface area contributed by atoms with Crippen molar-refractivity contribution in [2.24, 2.45) is 0 Å². The van der Waals surface area contributed by atoms with Crippen LogP contribution >= 0.6 is 0 Å². The fourth-order valence-corrected chi connectivity index (χ4v) is 4.12. The molecular formula is C17H25N3O5S. The third kappa shape index (κ3) is 4.15. The van der Waals surface area contributed by atoms with Gasteiger partial charge in [0.25, 0.3) is 0 Å². The predicted octanol–water partition coefficient (Wildman–Crippen LogP) is 1.94. The lowest BCUT2D eigenvalue weighted by molar-refractivity contribution is -0.0460. The Morgan fingerprint density at radius 3 is 2.46 bits per heavy atom. The molecule has 0 aliphatic carbocycles. The largest absolute Gasteiger partial charge is 0.444 e. The third-order valence-corrected chi connectivity index (χ3v) is 5.51. The van der Waals surface area contributed by atoms with Crippen LogP contribution in [0.4, 0.5) is 4.79 Å². The Kier molecular flexibility index (Phi) is 4.72. The van der Waals surface area contributed by atoms with Crippen LogP contribution in [0.3, 0.4) is 0 Å². The van der Waals surface area contributed by atoms with Gasteiger partial charge in [0.1, 0.15) is 11.1 Å². The summed E-state index contributed by atoms with van der Waals surface area (Å²) in [6, 6.07) is 1.36. The summed E-state index contributed by atoms with van der Waals surface area (Å²) in [7, 11) is -3.49. The number of sulfone groups is 1. The van der Waals surface area contributed by atoms with Gasteiger partial charge in [0.2, 0.25) is 0 Å². The van der Waals surface area contributed by atoms with Gasteiger partial charge >= 0.3 is 6.09 Å². The summed E-state index contributed by atoms with van der Waals surface area (Å²) in [4.78, 5) is 21.0. The van der Waals surface area contributed by atoms with E-state index >= 15 is 0 Å². The normalized spacial score (nSPS) is 28.6. The number of ether oxygens (including phenoxy) is 2. The summed E-state index contributed by atoms with van der Waals surface area (Å²) in [5.74, 6) is 0.284. The van der Waals surface area contributed by atoms with Crippen molar-refractivity contribution in [3.05, 3.63) is 18.1 Å². The third-order valence-electron chi connectivity index (χ3n) is 4.53. The van der Waals surface area contributed by atoms with E-state index in [-0.39, 0.29) is 23.1 Å². The minimum atomic E-state index is -3.49. The van der Waals surface area contributed by atoms with Gasteiger partial charge in [0.15, 0.2) is 20.7 Å². The molecule has 1 amide bonds. The van der Waals surface area contributed by atoms with Crippen molar-refractivity contribution in [1.82, 2.24) is 15.3 Å². The summed E-state index contributed by atoms with van der Waals surface area (Å²) in [6.07, 6.45) is 4.65. The number of aromatic nitrogens is 2. The molecule has 2 bridgehead atoms. The van der Waals surface area contributed by atoms with E-state index in [1.807, 2.05) is 0 Å². The highest BCUT2D eigenvalue weighted by atomic mass is 32.2. The predicted molar refractivity (Wildman–Crippen MR) is 93.3 cm³/mol. The lowest BCUT2D eigenvalue weighted by Gasteiger charge is -2.40. The number of alkyl carbamates (subject to hydrolysis) is 1.